The van der Waals surface area contributed by atoms with E-state index in [0.717, 1.165) is 25.7 Å². The van der Waals surface area contributed by atoms with Crippen LogP contribution in [0.2, 0.25) is 0 Å². The minimum atomic E-state index is -1.21. The largest absolute Gasteiger partial charge is 0.508 e. The molecule has 0 heterocycles. The quantitative estimate of drug-likeness (QED) is 0.473. The van der Waals surface area contributed by atoms with Crippen LogP contribution in [0.25, 0.3) is 0 Å². The molecular formula is C11H21NO5. The van der Waals surface area contributed by atoms with E-state index in [1.165, 1.54) is 6.42 Å². The van der Waals surface area contributed by atoms with Crippen LogP contribution < -0.4 is 5.73 Å². The van der Waals surface area contributed by atoms with Crippen molar-refractivity contribution in [1.29, 1.82) is 0 Å². The Bertz CT molecular complexity index is 232. The Hall–Kier alpha value is -1.30. The molecule has 0 bridgehead atoms. The van der Waals surface area contributed by atoms with Gasteiger partial charge < -0.3 is 20.3 Å². The van der Waals surface area contributed by atoms with Gasteiger partial charge in [0.25, 0.3) is 0 Å². The molecule has 0 aliphatic heterocycles. The Morgan fingerprint density at radius 3 is 2.41 bits per heavy atom. The molecule has 0 rings (SSSR count). The first-order valence-electron chi connectivity index (χ1n) is 5.85. The van der Waals surface area contributed by atoms with Crippen LogP contribution in [0.4, 0.5) is 4.79 Å². The fraction of sp³-hybridized carbons (Fsp3) is 0.818. The number of unbranched alkanes of at least 4 members (excludes halogenated alkanes) is 4. The van der Waals surface area contributed by atoms with Crippen molar-refractivity contribution in [1.82, 2.24) is 0 Å². The van der Waals surface area contributed by atoms with Gasteiger partial charge in [-0.1, -0.05) is 32.6 Å². The fourth-order valence-corrected chi connectivity index (χ4v) is 1.13. The molecule has 0 aliphatic carbocycles. The molecule has 17 heavy (non-hydrogen) atoms. The van der Waals surface area contributed by atoms with Crippen LogP contribution in [0, 0.1) is 0 Å². The molecule has 0 amide bonds. The Morgan fingerprint density at radius 1 is 1.18 bits per heavy atom. The van der Waals surface area contributed by atoms with Crippen LogP contribution in [0.1, 0.15) is 39.0 Å². The maximum absolute atomic E-state index is 11.0. The van der Waals surface area contributed by atoms with Gasteiger partial charge in [0, 0.05) is 0 Å². The average molecular weight is 247 g/mol. The van der Waals surface area contributed by atoms with E-state index in [9.17, 15) is 9.59 Å². The third kappa shape index (κ3) is 9.62. The summed E-state index contributed by atoms with van der Waals surface area (Å²) in [5.41, 5.74) is 5.14. The molecule has 0 aromatic heterocycles. The molecule has 0 saturated heterocycles. The number of nitrogens with two attached hydrogens (primary N) is 1. The van der Waals surface area contributed by atoms with Crippen molar-refractivity contribution in [3.05, 3.63) is 0 Å². The van der Waals surface area contributed by atoms with Gasteiger partial charge in [0.05, 0.1) is 6.61 Å². The summed E-state index contributed by atoms with van der Waals surface area (Å²) < 4.78 is 9.27. The number of ether oxygens (including phenoxy) is 2. The maximum Gasteiger partial charge on any atom is 0.508 e. The van der Waals surface area contributed by atoms with Crippen LogP contribution in [0.5, 0.6) is 0 Å². The molecule has 6 heteroatoms. The first-order valence-corrected chi connectivity index (χ1v) is 5.85. The van der Waals surface area contributed by atoms with Gasteiger partial charge >= 0.3 is 12.1 Å². The lowest BCUT2D eigenvalue weighted by molar-refractivity contribution is -0.139. The number of hydrogen-bond donors (Lipinski definition) is 2. The SMILES string of the molecule is CCCCCCCOC(=O)OCC(N)C(=O)O. The van der Waals surface area contributed by atoms with Gasteiger partial charge in [-0.3, -0.25) is 4.79 Å². The van der Waals surface area contributed by atoms with Crippen molar-refractivity contribution in [2.75, 3.05) is 13.2 Å². The van der Waals surface area contributed by atoms with Gasteiger partial charge in [0.2, 0.25) is 0 Å². The Labute approximate surface area is 101 Å². The highest BCUT2D eigenvalue weighted by molar-refractivity contribution is 5.73. The third-order valence-corrected chi connectivity index (χ3v) is 2.17. The lowest BCUT2D eigenvalue weighted by atomic mass is 10.2. The van der Waals surface area contributed by atoms with E-state index in [-0.39, 0.29) is 6.61 Å². The molecule has 0 spiro atoms. The van der Waals surface area contributed by atoms with Crippen molar-refractivity contribution in [3.8, 4) is 0 Å². The molecule has 0 radical (unpaired) electrons. The van der Waals surface area contributed by atoms with E-state index in [0.29, 0.717) is 6.61 Å². The first-order chi connectivity index (χ1) is 8.07. The van der Waals surface area contributed by atoms with Crippen molar-refractivity contribution >= 4 is 12.1 Å². The normalized spacial score (nSPS) is 11.9. The molecule has 100 valence electrons. The van der Waals surface area contributed by atoms with Crippen molar-refractivity contribution in [2.24, 2.45) is 5.73 Å². The second-order valence-corrected chi connectivity index (χ2v) is 3.77. The Balaban J connectivity index is 3.38. The number of hydrogen-bond acceptors (Lipinski definition) is 5. The molecule has 0 fully saturated rings. The fourth-order valence-electron chi connectivity index (χ4n) is 1.13. The lowest BCUT2D eigenvalue weighted by Crippen LogP contribution is -2.35. The highest BCUT2D eigenvalue weighted by Crippen LogP contribution is 2.02. The highest BCUT2D eigenvalue weighted by Gasteiger charge is 2.14. The summed E-state index contributed by atoms with van der Waals surface area (Å²) in [5.74, 6) is -1.21. The number of carboxylic acid groups (broad SMARTS) is 1. The molecule has 1 atom stereocenters. The van der Waals surface area contributed by atoms with Gasteiger partial charge in [-0.25, -0.2) is 4.79 Å². The van der Waals surface area contributed by atoms with Crippen LogP contribution in [-0.2, 0) is 14.3 Å². The summed E-state index contributed by atoms with van der Waals surface area (Å²) in [6, 6.07) is -1.20. The predicted molar refractivity (Wildman–Crippen MR) is 61.7 cm³/mol. The van der Waals surface area contributed by atoms with E-state index in [2.05, 4.69) is 11.7 Å². The lowest BCUT2D eigenvalue weighted by Gasteiger charge is -2.08. The summed E-state index contributed by atoms with van der Waals surface area (Å²) >= 11 is 0. The standard InChI is InChI=1S/C11H21NO5/c1-2-3-4-5-6-7-16-11(15)17-8-9(12)10(13)14/h9H,2-8,12H2,1H3,(H,13,14). The van der Waals surface area contributed by atoms with Crippen LogP contribution in [0.15, 0.2) is 0 Å². The Kier molecular flexibility index (Phi) is 9.14. The number of carboxylic acids is 1. The molecule has 0 saturated carbocycles. The highest BCUT2D eigenvalue weighted by atomic mass is 16.7. The average Bonchev–Trinajstić information content (AvgIpc) is 2.30. The van der Waals surface area contributed by atoms with Gasteiger partial charge in [-0.15, -0.1) is 0 Å². The zero-order valence-corrected chi connectivity index (χ0v) is 10.2. The third-order valence-electron chi connectivity index (χ3n) is 2.17. The van der Waals surface area contributed by atoms with Crippen molar-refractivity contribution in [3.63, 3.8) is 0 Å². The second kappa shape index (κ2) is 9.89. The second-order valence-electron chi connectivity index (χ2n) is 3.77. The van der Waals surface area contributed by atoms with Crippen LogP contribution in [0.3, 0.4) is 0 Å². The van der Waals surface area contributed by atoms with Crippen molar-refractivity contribution in [2.45, 2.75) is 45.1 Å². The van der Waals surface area contributed by atoms with Gasteiger partial charge in [-0.05, 0) is 6.42 Å². The minimum Gasteiger partial charge on any atom is -0.480 e. The van der Waals surface area contributed by atoms with Crippen LogP contribution >= 0.6 is 0 Å². The van der Waals surface area contributed by atoms with E-state index >= 15 is 0 Å². The Morgan fingerprint density at radius 2 is 1.82 bits per heavy atom. The smallest absolute Gasteiger partial charge is 0.480 e. The van der Waals surface area contributed by atoms with E-state index < -0.39 is 18.2 Å². The summed E-state index contributed by atoms with van der Waals surface area (Å²) in [7, 11) is 0. The molecule has 3 N–H and O–H groups in total. The van der Waals surface area contributed by atoms with E-state index in [1.807, 2.05) is 0 Å². The molecule has 0 aromatic carbocycles. The number of carbonyl (C=O) groups excluding carboxylic acids is 1. The molecule has 1 unspecified atom stereocenters. The molecule has 6 nitrogen and oxygen atoms in total. The molecular weight excluding hydrogens is 226 g/mol. The summed E-state index contributed by atoms with van der Waals surface area (Å²) in [6.07, 6.45) is 4.40. The summed E-state index contributed by atoms with van der Waals surface area (Å²) in [4.78, 5) is 21.3. The van der Waals surface area contributed by atoms with Gasteiger partial charge in [0.15, 0.2) is 0 Å². The van der Waals surface area contributed by atoms with Gasteiger partial charge in [0.1, 0.15) is 12.6 Å². The molecule has 0 aliphatic rings. The first kappa shape index (κ1) is 15.7. The summed E-state index contributed by atoms with van der Waals surface area (Å²) in [6.45, 7) is 2.05. The zero-order chi connectivity index (χ0) is 13.1. The number of aliphatic carboxylic acids is 1. The maximum atomic E-state index is 11.0. The predicted octanol–water partition coefficient (Wildman–Crippen LogP) is 1.52. The van der Waals surface area contributed by atoms with Crippen molar-refractivity contribution < 1.29 is 24.2 Å². The summed E-state index contributed by atoms with van der Waals surface area (Å²) in [5, 5.41) is 8.43. The topological polar surface area (TPSA) is 98.9 Å². The minimum absolute atomic E-state index is 0.296. The molecule has 0 aromatic rings. The monoisotopic (exact) mass is 247 g/mol. The van der Waals surface area contributed by atoms with Crippen LogP contribution in [-0.4, -0.2) is 36.5 Å². The van der Waals surface area contributed by atoms with Gasteiger partial charge in [-0.2, -0.15) is 0 Å². The number of carbonyl (C=O) groups is 2. The van der Waals surface area contributed by atoms with E-state index in [4.69, 9.17) is 15.6 Å². The zero-order valence-electron chi connectivity index (χ0n) is 10.2. The van der Waals surface area contributed by atoms with E-state index in [1.54, 1.807) is 0 Å². The number of rotatable bonds is 9.